The summed E-state index contributed by atoms with van der Waals surface area (Å²) in [5, 5.41) is 9.82. The molecule has 0 saturated carbocycles. The van der Waals surface area contributed by atoms with E-state index in [1.54, 1.807) is 0 Å². The lowest BCUT2D eigenvalue weighted by molar-refractivity contribution is 0.590. The maximum Gasteiger partial charge on any atom is 0.145 e. The van der Waals surface area contributed by atoms with Gasteiger partial charge in [-0.05, 0) is 135 Å². The molecule has 0 radical (unpaired) electrons. The quantitative estimate of drug-likeness (QED) is 0.174. The first-order chi connectivity index (χ1) is 32.8. The van der Waals surface area contributed by atoms with E-state index < -0.39 is 5.41 Å². The van der Waals surface area contributed by atoms with Gasteiger partial charge in [-0.1, -0.05) is 162 Å². The Morgan fingerprint density at radius 3 is 1.56 bits per heavy atom. The predicted octanol–water partition coefficient (Wildman–Crippen LogP) is 15.6. The minimum absolute atomic E-state index is 0.0120. The Labute approximate surface area is 400 Å². The fourth-order valence-corrected chi connectivity index (χ4v) is 11.3. The average molecular weight is 887 g/mol. The fraction of sp³-hybridized carbons (Fsp3) is 0.206. The molecule has 1 aromatic heterocycles. The average Bonchev–Trinajstić information content (AvgIpc) is 3.97. The molecule has 3 heterocycles. The first-order valence-electron chi connectivity index (χ1n) is 24.2. The zero-order valence-corrected chi connectivity index (χ0v) is 40.4. The fourth-order valence-electron chi connectivity index (χ4n) is 11.3. The number of fused-ring (bicyclic) bond motifs is 14. The van der Waals surface area contributed by atoms with Gasteiger partial charge in [-0.25, -0.2) is 0 Å². The van der Waals surface area contributed by atoms with Gasteiger partial charge in [0, 0.05) is 41.1 Å². The van der Waals surface area contributed by atoms with Crippen LogP contribution in [0, 0.1) is 0 Å². The number of furan rings is 1. The van der Waals surface area contributed by atoms with Crippen LogP contribution in [0.2, 0.25) is 0 Å². The van der Waals surface area contributed by atoms with Crippen LogP contribution in [-0.4, -0.2) is 13.1 Å². The Bertz CT molecular complexity index is 3450. The third kappa shape index (κ3) is 6.35. The molecule has 5 heteroatoms. The Morgan fingerprint density at radius 2 is 1.00 bits per heavy atom. The third-order valence-corrected chi connectivity index (χ3v) is 14.8. The lowest BCUT2D eigenvalue weighted by Crippen LogP contribution is -2.32. The second-order valence-electron chi connectivity index (χ2n) is 21.3. The molecule has 336 valence electrons. The van der Waals surface area contributed by atoms with Crippen LogP contribution in [0.5, 0.6) is 0 Å². The third-order valence-electron chi connectivity index (χ3n) is 14.8. The highest BCUT2D eigenvalue weighted by Gasteiger charge is 2.53. The van der Waals surface area contributed by atoms with Crippen molar-refractivity contribution < 1.29 is 4.42 Å². The largest absolute Gasteiger partial charge is 0.455 e. The molecule has 4 aliphatic rings. The second-order valence-corrected chi connectivity index (χ2v) is 21.3. The Morgan fingerprint density at radius 1 is 0.485 bits per heavy atom. The van der Waals surface area contributed by atoms with E-state index in [0.717, 1.165) is 75.0 Å². The van der Waals surface area contributed by atoms with Gasteiger partial charge in [0.15, 0.2) is 0 Å². The molecule has 2 aliphatic heterocycles. The molecule has 0 saturated heterocycles. The van der Waals surface area contributed by atoms with E-state index in [4.69, 9.17) is 4.42 Å². The summed E-state index contributed by atoms with van der Waals surface area (Å²) in [7, 11) is 0. The monoisotopic (exact) mass is 886 g/mol. The number of dihydropyridines is 2. The van der Waals surface area contributed by atoms with Gasteiger partial charge in [0.1, 0.15) is 22.8 Å². The maximum absolute atomic E-state index is 7.30. The van der Waals surface area contributed by atoms with Crippen molar-refractivity contribution in [1.82, 2.24) is 10.6 Å². The highest BCUT2D eigenvalue weighted by atomic mass is 16.3. The number of rotatable bonds is 6. The second kappa shape index (κ2) is 15.3. The Balaban J connectivity index is 1.19. The van der Waals surface area contributed by atoms with Gasteiger partial charge >= 0.3 is 0 Å². The molecule has 5 nitrogen and oxygen atoms in total. The molecular formula is C63H58N4O. The van der Waals surface area contributed by atoms with Gasteiger partial charge in [-0.3, -0.25) is 9.80 Å². The molecule has 8 aromatic rings. The number of hydrogen-bond acceptors (Lipinski definition) is 5. The van der Waals surface area contributed by atoms with Crippen molar-refractivity contribution in [3.05, 3.63) is 226 Å². The summed E-state index contributed by atoms with van der Waals surface area (Å²) >= 11 is 0. The minimum Gasteiger partial charge on any atom is -0.455 e. The summed E-state index contributed by atoms with van der Waals surface area (Å²) < 4.78 is 7.30. The molecule has 12 rings (SSSR count). The Kier molecular flexibility index (Phi) is 9.40. The minimum atomic E-state index is -0.672. The van der Waals surface area contributed by atoms with Crippen LogP contribution >= 0.6 is 0 Å². The van der Waals surface area contributed by atoms with E-state index in [0.29, 0.717) is 0 Å². The molecule has 1 spiro atoms. The lowest BCUT2D eigenvalue weighted by Gasteiger charge is -2.35. The highest BCUT2D eigenvalue weighted by molar-refractivity contribution is 6.19. The predicted molar refractivity (Wildman–Crippen MR) is 284 cm³/mol. The molecule has 0 unspecified atom stereocenters. The van der Waals surface area contributed by atoms with Crippen molar-refractivity contribution in [2.24, 2.45) is 0 Å². The summed E-state index contributed by atoms with van der Waals surface area (Å²) in [6.45, 7) is 19.6. The molecule has 0 bridgehead atoms. The number of nitrogens with one attached hydrogen (secondary N) is 2. The molecule has 2 N–H and O–H groups in total. The number of hydrogen-bond donors (Lipinski definition) is 2. The van der Waals surface area contributed by atoms with Gasteiger partial charge in [-0.2, -0.15) is 0 Å². The summed E-state index contributed by atoms with van der Waals surface area (Å²) in [4.78, 5) is 4.84. The molecule has 0 amide bonds. The standard InChI is InChI=1S/C63H58N4O/c1-39-21-33-56(64-37-39)66(43-27-23-41(24-28-43)61(3,4)5)45-31-32-48-52(35-45)63(50-18-12-9-15-46(50)47-16-10-13-19-51(47)63)53-36-54(59-49-17-11-14-20-55(49)68-60(59)58(48)53)67(57-34-22-40(2)38-65-57)44-29-25-42(26-30-44)62(6,7)8/h9-36,64-65H,37-38H2,1-8H3. The van der Waals surface area contributed by atoms with Gasteiger partial charge in [0.05, 0.1) is 16.5 Å². The Hall–Kier alpha value is -7.50. The first kappa shape index (κ1) is 41.9. The van der Waals surface area contributed by atoms with Crippen LogP contribution in [-0.2, 0) is 16.2 Å². The number of benzene rings is 7. The van der Waals surface area contributed by atoms with Gasteiger partial charge in [0.2, 0.25) is 0 Å². The van der Waals surface area contributed by atoms with Gasteiger partial charge in [0.25, 0.3) is 0 Å². The SMILES string of the molecule is CC1=CC=C(N(c2ccc(C(C)(C)C)cc2)c2ccc3c(c2)C2(c4ccccc4-c4ccccc42)c2cc(N(C4=CC=C(C)CN4)c4ccc(C(C)(C)C)cc4)c4c(oc5ccccc54)c2-3)NC1. The van der Waals surface area contributed by atoms with E-state index in [1.165, 1.54) is 61.2 Å². The van der Waals surface area contributed by atoms with Crippen molar-refractivity contribution >= 4 is 44.7 Å². The van der Waals surface area contributed by atoms with Crippen molar-refractivity contribution in [2.45, 2.75) is 71.6 Å². The normalized spacial score (nSPS) is 15.6. The van der Waals surface area contributed by atoms with Crippen LogP contribution < -0.4 is 20.4 Å². The zero-order chi connectivity index (χ0) is 46.7. The zero-order valence-electron chi connectivity index (χ0n) is 40.4. The summed E-state index contributed by atoms with van der Waals surface area (Å²) in [5.74, 6) is 2.07. The van der Waals surface area contributed by atoms with Crippen LogP contribution in [0.25, 0.3) is 44.2 Å². The lowest BCUT2D eigenvalue weighted by atomic mass is 9.70. The van der Waals surface area contributed by atoms with Crippen molar-refractivity contribution in [3.8, 4) is 22.3 Å². The number of allylic oxidation sites excluding steroid dienone is 4. The van der Waals surface area contributed by atoms with E-state index in [-0.39, 0.29) is 10.8 Å². The van der Waals surface area contributed by atoms with E-state index >= 15 is 0 Å². The van der Waals surface area contributed by atoms with Crippen LogP contribution in [0.1, 0.15) is 88.8 Å². The molecule has 2 aliphatic carbocycles. The van der Waals surface area contributed by atoms with Crippen LogP contribution in [0.4, 0.5) is 22.7 Å². The summed E-state index contributed by atoms with van der Waals surface area (Å²) in [5.41, 5.74) is 20.6. The summed E-state index contributed by atoms with van der Waals surface area (Å²) in [6.07, 6.45) is 8.96. The molecule has 0 atom stereocenters. The van der Waals surface area contributed by atoms with Gasteiger partial charge < -0.3 is 15.1 Å². The highest BCUT2D eigenvalue weighted by Crippen LogP contribution is 2.66. The van der Waals surface area contributed by atoms with E-state index in [9.17, 15) is 0 Å². The number of anilines is 4. The number of para-hydroxylation sites is 1. The molecule has 68 heavy (non-hydrogen) atoms. The molecule has 7 aromatic carbocycles. The van der Waals surface area contributed by atoms with Crippen molar-refractivity contribution in [3.63, 3.8) is 0 Å². The maximum atomic E-state index is 7.30. The van der Waals surface area contributed by atoms with E-state index in [2.05, 4.69) is 246 Å². The van der Waals surface area contributed by atoms with Gasteiger partial charge in [-0.15, -0.1) is 0 Å². The topological polar surface area (TPSA) is 43.7 Å². The van der Waals surface area contributed by atoms with Crippen LogP contribution in [0.3, 0.4) is 0 Å². The van der Waals surface area contributed by atoms with Crippen molar-refractivity contribution in [2.75, 3.05) is 22.9 Å². The van der Waals surface area contributed by atoms with Crippen LogP contribution in [0.15, 0.2) is 197 Å². The first-order valence-corrected chi connectivity index (χ1v) is 24.2. The van der Waals surface area contributed by atoms with Crippen molar-refractivity contribution in [1.29, 1.82) is 0 Å². The van der Waals surface area contributed by atoms with E-state index in [1.807, 2.05) is 0 Å². The molecular weight excluding hydrogens is 829 g/mol. The summed E-state index contributed by atoms with van der Waals surface area (Å²) in [6, 6.07) is 54.8. The molecule has 0 fully saturated rings. The number of nitrogens with zero attached hydrogens (tertiary/aromatic N) is 2. The smallest absolute Gasteiger partial charge is 0.145 e.